The minimum atomic E-state index is 0.0130. The number of amides is 2. The first kappa shape index (κ1) is 20.4. The molecule has 1 aliphatic heterocycles. The Morgan fingerprint density at radius 1 is 1.00 bits per heavy atom. The van der Waals surface area contributed by atoms with Crippen LogP contribution in [0.15, 0.2) is 48.5 Å². The molecule has 0 aromatic heterocycles. The summed E-state index contributed by atoms with van der Waals surface area (Å²) in [6.45, 7) is 5.74. The van der Waals surface area contributed by atoms with E-state index in [-0.39, 0.29) is 11.8 Å². The lowest BCUT2D eigenvalue weighted by Crippen LogP contribution is -2.51. The van der Waals surface area contributed by atoms with Crippen LogP contribution in [0.25, 0.3) is 0 Å². The molecule has 0 atom stereocenters. The van der Waals surface area contributed by atoms with Gasteiger partial charge in [0.25, 0.3) is 5.91 Å². The average molecular weight is 400 g/mol. The van der Waals surface area contributed by atoms with Crippen molar-refractivity contribution in [2.24, 2.45) is 0 Å². The Kier molecular flexibility index (Phi) is 7.06. The van der Waals surface area contributed by atoms with Crippen molar-refractivity contribution in [3.05, 3.63) is 70.2 Å². The molecule has 2 aromatic rings. The van der Waals surface area contributed by atoms with E-state index in [1.54, 1.807) is 24.3 Å². The van der Waals surface area contributed by atoms with Crippen LogP contribution in [-0.4, -0.2) is 60.9 Å². The molecule has 2 amide bonds. The monoisotopic (exact) mass is 399 g/mol. The van der Waals surface area contributed by atoms with Gasteiger partial charge in [-0.15, -0.1) is 0 Å². The molecule has 3 rings (SSSR count). The summed E-state index contributed by atoms with van der Waals surface area (Å²) in [5, 5.41) is 3.62. The fourth-order valence-electron chi connectivity index (χ4n) is 3.37. The highest BCUT2D eigenvalue weighted by molar-refractivity contribution is 6.30. The predicted molar refractivity (Wildman–Crippen MR) is 112 cm³/mol. The third-order valence-electron chi connectivity index (χ3n) is 5.10. The molecule has 1 fully saturated rings. The summed E-state index contributed by atoms with van der Waals surface area (Å²) in [7, 11) is 0. The van der Waals surface area contributed by atoms with Crippen molar-refractivity contribution in [1.29, 1.82) is 0 Å². The third kappa shape index (κ3) is 5.57. The second-order valence-electron chi connectivity index (χ2n) is 7.10. The van der Waals surface area contributed by atoms with Crippen LogP contribution in [0.1, 0.15) is 21.5 Å². The number of nitrogens with one attached hydrogen (secondary N) is 1. The highest BCUT2D eigenvalue weighted by Crippen LogP contribution is 2.13. The van der Waals surface area contributed by atoms with Crippen molar-refractivity contribution in [2.45, 2.75) is 13.3 Å². The number of carbonyl (C=O) groups excluding carboxylic acids is 2. The Morgan fingerprint density at radius 3 is 2.36 bits per heavy atom. The maximum Gasteiger partial charge on any atom is 0.253 e. The Hall–Kier alpha value is -2.37. The summed E-state index contributed by atoms with van der Waals surface area (Å²) >= 11 is 5.88. The zero-order chi connectivity index (χ0) is 19.9. The van der Waals surface area contributed by atoms with Crippen LogP contribution in [0.3, 0.4) is 0 Å². The first-order valence-corrected chi connectivity index (χ1v) is 9.99. The molecule has 148 valence electrons. The number of carbonyl (C=O) groups is 2. The third-order valence-corrected chi connectivity index (χ3v) is 5.35. The fourth-order valence-corrected chi connectivity index (χ4v) is 3.50. The molecular formula is C22H26ClN3O2. The smallest absolute Gasteiger partial charge is 0.253 e. The molecule has 0 aliphatic carbocycles. The predicted octanol–water partition coefficient (Wildman–Crippen LogP) is 2.77. The molecule has 28 heavy (non-hydrogen) atoms. The van der Waals surface area contributed by atoms with Crippen LogP contribution in [0, 0.1) is 6.92 Å². The van der Waals surface area contributed by atoms with Crippen LogP contribution in [0.2, 0.25) is 5.02 Å². The molecule has 0 spiro atoms. The Bertz CT molecular complexity index is 815. The lowest BCUT2D eigenvalue weighted by atomic mass is 10.1. The lowest BCUT2D eigenvalue weighted by molar-refractivity contribution is -0.122. The van der Waals surface area contributed by atoms with E-state index in [1.165, 1.54) is 11.1 Å². The first-order valence-electron chi connectivity index (χ1n) is 9.61. The molecule has 1 aliphatic rings. The van der Waals surface area contributed by atoms with Gasteiger partial charge in [0.05, 0.1) is 6.54 Å². The first-order chi connectivity index (χ1) is 13.5. The zero-order valence-electron chi connectivity index (χ0n) is 16.2. The number of piperazine rings is 1. The highest BCUT2D eigenvalue weighted by atomic mass is 35.5. The van der Waals surface area contributed by atoms with Gasteiger partial charge in [0.1, 0.15) is 0 Å². The van der Waals surface area contributed by atoms with Crippen LogP contribution in [-0.2, 0) is 11.2 Å². The molecule has 1 heterocycles. The van der Waals surface area contributed by atoms with Gasteiger partial charge >= 0.3 is 0 Å². The summed E-state index contributed by atoms with van der Waals surface area (Å²) in [5.41, 5.74) is 3.15. The Balaban J connectivity index is 1.39. The van der Waals surface area contributed by atoms with E-state index in [0.717, 1.165) is 6.42 Å². The quantitative estimate of drug-likeness (QED) is 0.812. The molecule has 0 radical (unpaired) electrons. The average Bonchev–Trinajstić information content (AvgIpc) is 2.70. The van der Waals surface area contributed by atoms with Gasteiger partial charge in [0.2, 0.25) is 5.91 Å². The fraction of sp³-hybridized carbons (Fsp3) is 0.364. The van der Waals surface area contributed by atoms with E-state index < -0.39 is 0 Å². The minimum absolute atomic E-state index is 0.0130. The van der Waals surface area contributed by atoms with Crippen molar-refractivity contribution in [1.82, 2.24) is 15.1 Å². The van der Waals surface area contributed by atoms with E-state index in [2.05, 4.69) is 29.3 Å². The highest BCUT2D eigenvalue weighted by Gasteiger charge is 2.23. The molecule has 0 saturated carbocycles. The lowest BCUT2D eigenvalue weighted by Gasteiger charge is -2.34. The van der Waals surface area contributed by atoms with E-state index >= 15 is 0 Å². The Labute approximate surface area is 171 Å². The number of hydrogen-bond donors (Lipinski definition) is 1. The van der Waals surface area contributed by atoms with Gasteiger partial charge in [-0.25, -0.2) is 0 Å². The number of benzene rings is 2. The second-order valence-corrected chi connectivity index (χ2v) is 7.54. The van der Waals surface area contributed by atoms with E-state index in [0.29, 0.717) is 49.9 Å². The van der Waals surface area contributed by atoms with Crippen molar-refractivity contribution < 1.29 is 9.59 Å². The van der Waals surface area contributed by atoms with E-state index in [4.69, 9.17) is 11.6 Å². The summed E-state index contributed by atoms with van der Waals surface area (Å²) < 4.78 is 0. The number of rotatable bonds is 6. The molecule has 0 unspecified atom stereocenters. The van der Waals surface area contributed by atoms with Crippen molar-refractivity contribution in [3.8, 4) is 0 Å². The van der Waals surface area contributed by atoms with Crippen LogP contribution >= 0.6 is 11.6 Å². The number of halogens is 1. The Morgan fingerprint density at radius 2 is 1.68 bits per heavy atom. The number of aryl methyl sites for hydroxylation is 1. The molecular weight excluding hydrogens is 374 g/mol. The summed E-state index contributed by atoms with van der Waals surface area (Å²) in [5.74, 6) is 0.0464. The maximum atomic E-state index is 12.5. The van der Waals surface area contributed by atoms with Gasteiger partial charge in [0, 0.05) is 43.3 Å². The summed E-state index contributed by atoms with van der Waals surface area (Å²) in [4.78, 5) is 28.7. The molecule has 6 heteroatoms. The second kappa shape index (κ2) is 9.71. The topological polar surface area (TPSA) is 52.7 Å². The van der Waals surface area contributed by atoms with Gasteiger partial charge in [-0.3, -0.25) is 14.5 Å². The molecule has 1 saturated heterocycles. The molecule has 1 N–H and O–H groups in total. The SMILES string of the molecule is Cc1ccccc1CCNC(=O)CN1CCN(C(=O)c2ccc(Cl)cc2)CC1. The van der Waals surface area contributed by atoms with Crippen molar-refractivity contribution >= 4 is 23.4 Å². The van der Waals surface area contributed by atoms with E-state index in [1.807, 2.05) is 17.0 Å². The standard InChI is InChI=1S/C22H26ClN3O2/c1-17-4-2-3-5-18(17)10-11-24-21(27)16-25-12-14-26(15-13-25)22(28)19-6-8-20(23)9-7-19/h2-9H,10-16H2,1H3,(H,24,27). The maximum absolute atomic E-state index is 12.5. The molecule has 5 nitrogen and oxygen atoms in total. The van der Waals surface area contributed by atoms with Crippen molar-refractivity contribution in [3.63, 3.8) is 0 Å². The number of hydrogen-bond acceptors (Lipinski definition) is 3. The normalized spacial score (nSPS) is 14.7. The van der Waals surface area contributed by atoms with Gasteiger partial charge in [-0.2, -0.15) is 0 Å². The number of nitrogens with zero attached hydrogens (tertiary/aromatic N) is 2. The van der Waals surface area contributed by atoms with Gasteiger partial charge < -0.3 is 10.2 Å². The zero-order valence-corrected chi connectivity index (χ0v) is 16.9. The van der Waals surface area contributed by atoms with Gasteiger partial charge in [-0.05, 0) is 48.7 Å². The minimum Gasteiger partial charge on any atom is -0.355 e. The molecule has 0 bridgehead atoms. The van der Waals surface area contributed by atoms with Crippen LogP contribution in [0.4, 0.5) is 0 Å². The summed E-state index contributed by atoms with van der Waals surface area (Å²) in [6.07, 6.45) is 0.835. The van der Waals surface area contributed by atoms with Crippen molar-refractivity contribution in [2.75, 3.05) is 39.3 Å². The van der Waals surface area contributed by atoms with E-state index in [9.17, 15) is 9.59 Å². The van der Waals surface area contributed by atoms with Crippen LogP contribution < -0.4 is 5.32 Å². The summed E-state index contributed by atoms with van der Waals surface area (Å²) in [6, 6.07) is 15.2. The largest absolute Gasteiger partial charge is 0.355 e. The van der Waals surface area contributed by atoms with Crippen LogP contribution in [0.5, 0.6) is 0 Å². The molecule has 2 aromatic carbocycles. The van der Waals surface area contributed by atoms with Gasteiger partial charge in [-0.1, -0.05) is 35.9 Å². The van der Waals surface area contributed by atoms with Gasteiger partial charge in [0.15, 0.2) is 0 Å².